The Hall–Kier alpha value is -3.61. The van der Waals surface area contributed by atoms with E-state index in [1.165, 1.54) is 50.6 Å². The molecule has 2 aromatic carbocycles. The maximum absolute atomic E-state index is 14.1. The molecule has 39 heavy (non-hydrogen) atoms. The molecule has 0 fully saturated rings. The predicted molar refractivity (Wildman–Crippen MR) is 135 cm³/mol. The van der Waals surface area contributed by atoms with Crippen LogP contribution in [0, 0.1) is 0 Å². The monoisotopic (exact) mass is 553 g/mol. The predicted octanol–water partition coefficient (Wildman–Crippen LogP) is 4.97. The first-order valence-electron chi connectivity index (χ1n) is 12.1. The maximum atomic E-state index is 14.1. The van der Waals surface area contributed by atoms with Gasteiger partial charge in [0.1, 0.15) is 17.1 Å². The highest BCUT2D eigenvalue weighted by Crippen LogP contribution is 2.40. The van der Waals surface area contributed by atoms with Gasteiger partial charge in [0, 0.05) is 33.9 Å². The fraction of sp³-hybridized carbons (Fsp3) is 0.407. The molecule has 0 saturated carbocycles. The van der Waals surface area contributed by atoms with Gasteiger partial charge in [-0.05, 0) is 42.8 Å². The zero-order valence-corrected chi connectivity index (χ0v) is 21.8. The Labute approximate surface area is 222 Å². The molecule has 1 aromatic heterocycles. The fourth-order valence-corrected chi connectivity index (χ4v) is 3.71. The van der Waals surface area contributed by atoms with Crippen molar-refractivity contribution in [1.29, 1.82) is 0 Å². The summed E-state index contributed by atoms with van der Waals surface area (Å²) in [4.78, 5) is 27.1. The molecule has 9 nitrogen and oxygen atoms in total. The van der Waals surface area contributed by atoms with Crippen molar-refractivity contribution < 1.29 is 46.4 Å². The number of hydrogen-bond acceptors (Lipinski definition) is 9. The minimum atomic E-state index is -5.10. The van der Waals surface area contributed by atoms with Crippen molar-refractivity contribution in [3.8, 4) is 17.2 Å². The van der Waals surface area contributed by atoms with Gasteiger partial charge in [-0.25, -0.2) is 4.79 Å². The van der Waals surface area contributed by atoms with Gasteiger partial charge in [-0.15, -0.1) is 0 Å². The average molecular weight is 554 g/mol. The summed E-state index contributed by atoms with van der Waals surface area (Å²) in [5.41, 5.74) is -1.31. The molecular formula is C27H30F3NO8. The van der Waals surface area contributed by atoms with Crippen LogP contribution in [0.3, 0.4) is 0 Å². The first-order chi connectivity index (χ1) is 18.6. The third kappa shape index (κ3) is 7.49. The van der Waals surface area contributed by atoms with Crippen LogP contribution in [0.15, 0.2) is 45.6 Å². The lowest BCUT2D eigenvalue weighted by Gasteiger charge is -2.23. The summed E-state index contributed by atoms with van der Waals surface area (Å²) < 4.78 is 68.1. The van der Waals surface area contributed by atoms with Crippen LogP contribution in [-0.4, -0.2) is 63.1 Å². The number of carbonyl (C=O) groups is 1. The summed E-state index contributed by atoms with van der Waals surface area (Å²) in [7, 11) is 3.01. The molecule has 0 aliphatic heterocycles. The van der Waals surface area contributed by atoms with Crippen molar-refractivity contribution in [2.45, 2.75) is 26.1 Å². The molecule has 0 spiro atoms. The number of halogens is 3. The average Bonchev–Trinajstić information content (AvgIpc) is 2.91. The topological polar surface area (TPSA) is 108 Å². The maximum Gasteiger partial charge on any atom is 0.453 e. The smallest absolute Gasteiger partial charge is 0.453 e. The zero-order chi connectivity index (χ0) is 28.6. The summed E-state index contributed by atoms with van der Waals surface area (Å²) in [5, 5.41) is 10.3. The number of fused-ring (bicyclic) bond motifs is 1. The van der Waals surface area contributed by atoms with Crippen LogP contribution in [0.4, 0.5) is 13.2 Å². The number of phenols is 1. The van der Waals surface area contributed by atoms with E-state index in [0.29, 0.717) is 32.7 Å². The normalized spacial score (nSPS) is 11.8. The van der Waals surface area contributed by atoms with Gasteiger partial charge < -0.3 is 28.5 Å². The number of methoxy groups -OCH3 is 2. The van der Waals surface area contributed by atoms with Crippen molar-refractivity contribution in [3.05, 3.63) is 63.5 Å². The van der Waals surface area contributed by atoms with E-state index in [1.807, 2.05) is 6.92 Å². The number of rotatable bonds is 13. The van der Waals surface area contributed by atoms with Gasteiger partial charge in [0.15, 0.2) is 0 Å². The van der Waals surface area contributed by atoms with Crippen molar-refractivity contribution in [3.63, 3.8) is 0 Å². The number of ether oxygens (including phenoxy) is 4. The van der Waals surface area contributed by atoms with Gasteiger partial charge in [0.2, 0.25) is 11.2 Å². The minimum absolute atomic E-state index is 0.00352. The fourth-order valence-electron chi connectivity index (χ4n) is 3.71. The molecule has 0 amide bonds. The van der Waals surface area contributed by atoms with E-state index in [0.717, 1.165) is 0 Å². The molecular weight excluding hydrogens is 523 g/mol. The Kier molecular flexibility index (Phi) is 10.3. The highest BCUT2D eigenvalue weighted by molar-refractivity contribution is 5.89. The molecule has 1 heterocycles. The minimum Gasteiger partial charge on any atom is -0.507 e. The Morgan fingerprint density at radius 3 is 2.21 bits per heavy atom. The summed E-state index contributed by atoms with van der Waals surface area (Å²) >= 11 is 0. The number of aromatic hydroxyl groups is 1. The SMILES string of the molecule is CCCOC(=O)c1ccc(Oc2c(C(F)(F)F)oc3c(CN(CCOC)CCOC)c(O)ccc3c2=O)cc1. The van der Waals surface area contributed by atoms with Crippen molar-refractivity contribution >= 4 is 16.9 Å². The van der Waals surface area contributed by atoms with Crippen molar-refractivity contribution in [1.82, 2.24) is 4.90 Å². The molecule has 0 atom stereocenters. The molecule has 212 valence electrons. The molecule has 0 aliphatic rings. The molecule has 0 bridgehead atoms. The summed E-state index contributed by atoms with van der Waals surface area (Å²) in [5.74, 6) is -3.77. The number of alkyl halides is 3. The van der Waals surface area contributed by atoms with E-state index < -0.39 is 34.7 Å². The number of hydrogen-bond donors (Lipinski definition) is 1. The molecule has 0 unspecified atom stereocenters. The Morgan fingerprint density at radius 2 is 1.64 bits per heavy atom. The summed E-state index contributed by atoms with van der Waals surface area (Å²) in [6.45, 7) is 3.43. The second-order valence-corrected chi connectivity index (χ2v) is 8.55. The van der Waals surface area contributed by atoms with E-state index in [-0.39, 0.29) is 41.2 Å². The van der Waals surface area contributed by atoms with Crippen LogP contribution in [0.2, 0.25) is 0 Å². The Bertz CT molecular complexity index is 1310. The summed E-state index contributed by atoms with van der Waals surface area (Å²) in [6, 6.07) is 7.51. The van der Waals surface area contributed by atoms with Gasteiger partial charge in [0.05, 0.1) is 36.3 Å². The highest BCUT2D eigenvalue weighted by atomic mass is 19.4. The van der Waals surface area contributed by atoms with Crippen molar-refractivity contribution in [2.24, 2.45) is 0 Å². The standard InChI is InChI=1S/C27H30F3NO8/c1-4-13-37-26(34)17-5-7-18(8-6-17)38-24-22(33)19-9-10-21(32)20(23(19)39-25(24)27(28,29)30)16-31(11-14-35-2)12-15-36-3/h5-10,32H,4,11-16H2,1-3H3. The van der Waals surface area contributed by atoms with Gasteiger partial charge in [-0.2, -0.15) is 13.2 Å². The van der Waals surface area contributed by atoms with Gasteiger partial charge in [0.25, 0.3) is 5.76 Å². The second-order valence-electron chi connectivity index (χ2n) is 8.55. The summed E-state index contributed by atoms with van der Waals surface area (Å²) in [6.07, 6.45) is -4.47. The number of benzene rings is 2. The molecule has 0 radical (unpaired) electrons. The number of nitrogens with zero attached hydrogens (tertiary/aromatic N) is 1. The van der Waals surface area contributed by atoms with Crippen LogP contribution in [0.1, 0.15) is 35.0 Å². The number of phenolic OH excluding ortho intramolecular Hbond substituents is 1. The highest BCUT2D eigenvalue weighted by Gasteiger charge is 2.41. The first kappa shape index (κ1) is 29.9. The quantitative estimate of drug-likeness (QED) is 0.294. The zero-order valence-electron chi connectivity index (χ0n) is 21.8. The molecule has 3 rings (SSSR count). The van der Waals surface area contributed by atoms with Crippen LogP contribution < -0.4 is 10.2 Å². The molecule has 1 N–H and O–H groups in total. The second kappa shape index (κ2) is 13.5. The van der Waals surface area contributed by atoms with Crippen LogP contribution >= 0.6 is 0 Å². The third-order valence-corrected chi connectivity index (χ3v) is 5.71. The van der Waals surface area contributed by atoms with Gasteiger partial charge in [-0.1, -0.05) is 6.92 Å². The van der Waals surface area contributed by atoms with Crippen LogP contribution in [-0.2, 0) is 26.9 Å². The van der Waals surface area contributed by atoms with E-state index in [4.69, 9.17) is 23.4 Å². The lowest BCUT2D eigenvalue weighted by Crippen LogP contribution is -2.30. The van der Waals surface area contributed by atoms with Gasteiger partial charge in [-0.3, -0.25) is 9.69 Å². The largest absolute Gasteiger partial charge is 0.507 e. The van der Waals surface area contributed by atoms with Crippen LogP contribution in [0.5, 0.6) is 17.2 Å². The first-order valence-corrected chi connectivity index (χ1v) is 12.1. The molecule has 3 aromatic rings. The molecule has 12 heteroatoms. The van der Waals surface area contributed by atoms with Crippen molar-refractivity contribution in [2.75, 3.05) is 47.1 Å². The lowest BCUT2D eigenvalue weighted by atomic mass is 10.1. The number of esters is 1. The van der Waals surface area contributed by atoms with E-state index in [9.17, 15) is 27.9 Å². The Morgan fingerprint density at radius 1 is 1.00 bits per heavy atom. The Balaban J connectivity index is 2.05. The molecule has 0 aliphatic carbocycles. The molecule has 0 saturated heterocycles. The van der Waals surface area contributed by atoms with Crippen LogP contribution in [0.25, 0.3) is 11.0 Å². The van der Waals surface area contributed by atoms with E-state index >= 15 is 0 Å². The van der Waals surface area contributed by atoms with E-state index in [1.54, 1.807) is 4.90 Å². The van der Waals surface area contributed by atoms with Gasteiger partial charge >= 0.3 is 12.1 Å². The van der Waals surface area contributed by atoms with E-state index in [2.05, 4.69) is 0 Å². The lowest BCUT2D eigenvalue weighted by molar-refractivity contribution is -0.154. The third-order valence-electron chi connectivity index (χ3n) is 5.71. The number of carbonyl (C=O) groups excluding carboxylic acids is 1.